The first kappa shape index (κ1) is 22.1. The third-order valence-electron chi connectivity index (χ3n) is 2.34. The molecule has 6 nitrogen and oxygen atoms in total. The largest absolute Gasteiger partial charge is 0.693 e. The minimum Gasteiger partial charge on any atom is -0.693 e. The number of hydrogen-bond acceptors (Lipinski definition) is 3. The number of halogens is 2. The van der Waals surface area contributed by atoms with Gasteiger partial charge in [0, 0.05) is 0 Å². The molecular weight excluding hydrogens is 498 g/mol. The molecule has 0 aliphatic heterocycles. The fourth-order valence-electron chi connectivity index (χ4n) is 1.73. The number of para-hydroxylation sites is 2. The normalized spacial score (nSPS) is 8.48. The molecule has 21 heavy (non-hydrogen) atoms. The van der Waals surface area contributed by atoms with E-state index < -0.39 is 16.5 Å². The van der Waals surface area contributed by atoms with Gasteiger partial charge in [0.15, 0.2) is 0 Å². The predicted octanol–water partition coefficient (Wildman–Crippen LogP) is 6.01. The Kier molecular flexibility index (Phi) is 13.2. The van der Waals surface area contributed by atoms with Crippen molar-refractivity contribution in [1.82, 2.24) is 4.98 Å². The van der Waals surface area contributed by atoms with E-state index in [9.17, 15) is 0 Å². The van der Waals surface area contributed by atoms with Crippen molar-refractivity contribution in [2.45, 2.75) is 0 Å². The Morgan fingerprint density at radius 1 is 0.905 bits per heavy atom. The molecule has 1 aromatic heterocycles. The fourth-order valence-corrected chi connectivity index (χ4v) is 1.73. The average Bonchev–Trinajstić information content (AvgIpc) is 2.79. The van der Waals surface area contributed by atoms with Crippen LogP contribution in [0.25, 0.3) is 34.1 Å². The standard InChI is InChI=1S/C12H8N.2ClH.HNO2.2H2N.Pt/c1-3-7-11-9(5-1)10-6-2-4-8-12(10)13-11;;;2-1-3;;;/h1-8H;2*1H;(H,2,3);2*1H2;/q-1;;;;2*-1;+2/p-3. The second-order valence-corrected chi connectivity index (χ2v) is 6.55. The van der Waals surface area contributed by atoms with E-state index in [0.717, 1.165) is 16.4 Å². The van der Waals surface area contributed by atoms with Gasteiger partial charge in [-0.1, -0.05) is 48.5 Å². The summed E-state index contributed by atoms with van der Waals surface area (Å²) < 4.78 is 0. The topological polar surface area (TPSA) is 134 Å². The van der Waals surface area contributed by atoms with Gasteiger partial charge in [0.2, 0.25) is 0 Å². The Morgan fingerprint density at radius 2 is 1.19 bits per heavy atom. The number of rotatable bonds is 0. The van der Waals surface area contributed by atoms with E-state index in [2.05, 4.69) is 41.4 Å². The molecule has 0 radical (unpaired) electrons. The van der Waals surface area contributed by atoms with Crippen LogP contribution in [0.1, 0.15) is 0 Å². The quantitative estimate of drug-likeness (QED) is 0.271. The van der Waals surface area contributed by atoms with E-state index in [4.69, 9.17) is 29.0 Å². The maximum Gasteiger partial charge on any atom is -0.0343 e. The number of fused-ring (bicyclic) bond motifs is 3. The maximum atomic E-state index is 8.00. The van der Waals surface area contributed by atoms with E-state index in [1.54, 1.807) is 0 Å². The third-order valence-corrected chi connectivity index (χ3v) is 2.34. The molecule has 3 aromatic rings. The molecule has 0 fully saturated rings. The summed E-state index contributed by atoms with van der Waals surface area (Å²) in [5, 5.41) is 11.5. The summed E-state index contributed by atoms with van der Waals surface area (Å²) in [6, 6.07) is 16.5. The van der Waals surface area contributed by atoms with E-state index in [0.29, 0.717) is 0 Å². The monoisotopic (exact) mass is 509 g/mol. The molecule has 0 atom stereocenters. The Labute approximate surface area is 138 Å². The van der Waals surface area contributed by atoms with E-state index >= 15 is 0 Å². The predicted molar refractivity (Wildman–Crippen MR) is 86.2 cm³/mol. The van der Waals surface area contributed by atoms with Gasteiger partial charge >= 0.3 is 35.3 Å². The molecule has 0 spiro atoms. The Morgan fingerprint density at radius 3 is 1.52 bits per heavy atom. The first-order valence-corrected chi connectivity index (χ1v) is 10.6. The summed E-state index contributed by atoms with van der Waals surface area (Å²) in [5.41, 5.74) is 2.17. The molecular formula is C12H12Cl2N4O2Pt-4. The number of hydrogen-bond donors (Lipinski definition) is 0. The van der Waals surface area contributed by atoms with Crippen LogP contribution in [0.15, 0.2) is 53.9 Å². The number of nitrogens with zero attached hydrogens (tertiary/aromatic N) is 2. The first-order chi connectivity index (χ1) is 9.28. The Balaban J connectivity index is 0. The molecule has 0 bridgehead atoms. The summed E-state index contributed by atoms with van der Waals surface area (Å²) in [6.45, 7) is 0. The Bertz CT molecular complexity index is 601. The molecule has 1 heterocycles. The van der Waals surface area contributed by atoms with Gasteiger partial charge in [-0.2, -0.15) is 0 Å². The molecule has 2 aromatic carbocycles. The van der Waals surface area contributed by atoms with Gasteiger partial charge in [-0.15, -0.1) is 16.4 Å². The van der Waals surface area contributed by atoms with Crippen LogP contribution in [0.3, 0.4) is 0 Å². The van der Waals surface area contributed by atoms with Crippen LogP contribution in [-0.2, 0) is 16.5 Å². The zero-order valence-corrected chi connectivity index (χ0v) is 14.3. The van der Waals surface area contributed by atoms with Crippen LogP contribution in [0.5, 0.6) is 0 Å². The number of nitrogens with two attached hydrogens (primary N) is 2. The zero-order valence-electron chi connectivity index (χ0n) is 10.6. The summed E-state index contributed by atoms with van der Waals surface area (Å²) in [7, 11) is 9.75. The van der Waals surface area contributed by atoms with Crippen LogP contribution >= 0.6 is 18.8 Å². The molecule has 0 amide bonds. The molecule has 3 rings (SSSR count). The van der Waals surface area contributed by atoms with Crippen molar-refractivity contribution in [2.75, 3.05) is 0 Å². The van der Waals surface area contributed by atoms with Crippen LogP contribution < -0.4 is 4.98 Å². The molecule has 0 saturated heterocycles. The van der Waals surface area contributed by atoms with Crippen LogP contribution in [0.2, 0.25) is 0 Å². The smallest absolute Gasteiger partial charge is 0.0343 e. The van der Waals surface area contributed by atoms with Gasteiger partial charge in [0.05, 0.1) is 0 Å². The molecule has 120 valence electrons. The molecule has 0 saturated carbocycles. The van der Waals surface area contributed by atoms with Crippen molar-refractivity contribution in [3.05, 3.63) is 70.9 Å². The maximum absolute atomic E-state index is 8.00. The van der Waals surface area contributed by atoms with Gasteiger partial charge in [-0.05, 0) is 10.8 Å². The van der Waals surface area contributed by atoms with Gasteiger partial charge in [0.25, 0.3) is 0 Å². The molecule has 9 heteroatoms. The second kappa shape index (κ2) is 12.6. The summed E-state index contributed by atoms with van der Waals surface area (Å²) >= 11 is -0.472. The minimum absolute atomic E-state index is 0. The number of benzene rings is 2. The summed E-state index contributed by atoms with van der Waals surface area (Å²) in [6.07, 6.45) is 0. The third kappa shape index (κ3) is 6.42. The van der Waals surface area contributed by atoms with Crippen molar-refractivity contribution in [1.29, 1.82) is 0 Å². The van der Waals surface area contributed by atoms with Crippen LogP contribution in [0, 0.1) is 10.1 Å². The fraction of sp³-hybridized carbons (Fsp3) is 0. The van der Waals surface area contributed by atoms with Crippen LogP contribution in [0.4, 0.5) is 0 Å². The second-order valence-electron chi connectivity index (χ2n) is 3.27. The SMILES string of the molecule is O=N[O-].[Cl][Pt][Cl].[NH2-].[NH2-].c1ccc2c(c1)[n-]c1ccccc12. The van der Waals surface area contributed by atoms with E-state index in [1.165, 1.54) is 10.8 Å². The minimum atomic E-state index is -0.472. The van der Waals surface area contributed by atoms with Gasteiger partial charge in [-0.25, -0.2) is 0 Å². The summed E-state index contributed by atoms with van der Waals surface area (Å²) in [4.78, 5) is 12.5. The molecule has 0 aliphatic rings. The molecule has 0 aliphatic carbocycles. The Hall–Kier alpha value is -1.17. The molecule has 4 N–H and O–H groups in total. The molecule has 0 unspecified atom stereocenters. The summed E-state index contributed by atoms with van der Waals surface area (Å²) in [5.74, 6) is 0. The van der Waals surface area contributed by atoms with E-state index in [1.807, 2.05) is 12.1 Å². The van der Waals surface area contributed by atoms with Gasteiger partial charge in [0.1, 0.15) is 0 Å². The van der Waals surface area contributed by atoms with Crippen molar-refractivity contribution in [3.8, 4) is 0 Å². The zero-order chi connectivity index (χ0) is 14.1. The van der Waals surface area contributed by atoms with E-state index in [-0.39, 0.29) is 12.3 Å². The van der Waals surface area contributed by atoms with Gasteiger partial charge < -0.3 is 27.4 Å². The van der Waals surface area contributed by atoms with Crippen LogP contribution in [-0.4, -0.2) is 0 Å². The van der Waals surface area contributed by atoms with Crippen molar-refractivity contribution < 1.29 is 16.5 Å². The first-order valence-electron chi connectivity index (χ1n) is 4.96. The van der Waals surface area contributed by atoms with Gasteiger partial charge in [-0.3, -0.25) is 0 Å². The van der Waals surface area contributed by atoms with Crippen molar-refractivity contribution in [3.63, 3.8) is 0 Å². The van der Waals surface area contributed by atoms with Crippen molar-refractivity contribution in [2.24, 2.45) is 5.34 Å². The van der Waals surface area contributed by atoms with Crippen molar-refractivity contribution >= 4 is 40.6 Å². The number of aromatic nitrogens is 1. The average molecular weight is 510 g/mol.